The molecule has 2 rings (SSSR count). The van der Waals surface area contributed by atoms with Crippen molar-refractivity contribution >= 4 is 0 Å². The second-order valence-corrected chi connectivity index (χ2v) is 4.96. The Labute approximate surface area is 100 Å². The lowest BCUT2D eigenvalue weighted by Gasteiger charge is -2.44. The van der Waals surface area contributed by atoms with E-state index in [0.717, 1.165) is 0 Å². The number of aliphatic hydroxyl groups excluding tert-OH is 2. The van der Waals surface area contributed by atoms with Crippen molar-refractivity contribution in [1.82, 2.24) is 0 Å². The maximum absolute atomic E-state index is 9.33. The van der Waals surface area contributed by atoms with Gasteiger partial charge in [-0.25, -0.2) is 0 Å². The van der Waals surface area contributed by atoms with Crippen molar-refractivity contribution in [3.63, 3.8) is 0 Å². The SMILES string of the molecule is CC(O)C1OCC2(CO1)COC(C(C)O)OC2. The maximum Gasteiger partial charge on any atom is 0.183 e. The van der Waals surface area contributed by atoms with Crippen molar-refractivity contribution < 1.29 is 29.2 Å². The number of ether oxygens (including phenoxy) is 4. The third-order valence-corrected chi connectivity index (χ3v) is 3.00. The molecule has 2 unspecified atom stereocenters. The summed E-state index contributed by atoms with van der Waals surface area (Å²) in [4.78, 5) is 0. The molecule has 100 valence electrons. The molecule has 0 aromatic carbocycles. The minimum atomic E-state index is -0.650. The van der Waals surface area contributed by atoms with Crippen molar-refractivity contribution in [2.75, 3.05) is 26.4 Å². The fourth-order valence-electron chi connectivity index (χ4n) is 1.94. The van der Waals surface area contributed by atoms with E-state index < -0.39 is 24.8 Å². The molecule has 0 saturated carbocycles. The first kappa shape index (κ1) is 13.2. The minimum absolute atomic E-state index is 0.323. The normalized spacial score (nSPS) is 42.4. The second-order valence-electron chi connectivity index (χ2n) is 4.96. The van der Waals surface area contributed by atoms with Crippen molar-refractivity contribution in [3.05, 3.63) is 0 Å². The van der Waals surface area contributed by atoms with Gasteiger partial charge in [0.1, 0.15) is 12.2 Å². The highest BCUT2D eigenvalue weighted by atomic mass is 16.7. The van der Waals surface area contributed by atoms with Crippen LogP contribution in [-0.4, -0.2) is 61.4 Å². The van der Waals surface area contributed by atoms with Crippen LogP contribution in [-0.2, 0) is 18.9 Å². The summed E-state index contributed by atoms with van der Waals surface area (Å²) in [6, 6.07) is 0. The van der Waals surface area contributed by atoms with Crippen LogP contribution in [0.4, 0.5) is 0 Å². The van der Waals surface area contributed by atoms with Gasteiger partial charge in [0.15, 0.2) is 12.6 Å². The van der Waals surface area contributed by atoms with Crippen LogP contribution >= 0.6 is 0 Å². The average Bonchev–Trinajstić information content (AvgIpc) is 2.30. The molecule has 2 N–H and O–H groups in total. The van der Waals surface area contributed by atoms with E-state index in [9.17, 15) is 10.2 Å². The minimum Gasteiger partial charge on any atom is -0.388 e. The zero-order chi connectivity index (χ0) is 12.5. The summed E-state index contributed by atoms with van der Waals surface area (Å²) in [5.74, 6) is 0. The van der Waals surface area contributed by atoms with Gasteiger partial charge in [0, 0.05) is 0 Å². The zero-order valence-electron chi connectivity index (χ0n) is 10.2. The molecule has 2 aliphatic rings. The summed E-state index contributed by atoms with van der Waals surface area (Å²) in [7, 11) is 0. The van der Waals surface area contributed by atoms with Crippen molar-refractivity contribution in [2.24, 2.45) is 5.41 Å². The molecule has 2 aliphatic heterocycles. The van der Waals surface area contributed by atoms with Gasteiger partial charge in [-0.1, -0.05) is 0 Å². The lowest BCUT2D eigenvalue weighted by molar-refractivity contribution is -0.324. The lowest BCUT2D eigenvalue weighted by Crippen LogP contribution is -2.55. The smallest absolute Gasteiger partial charge is 0.183 e. The molecule has 6 heteroatoms. The fraction of sp³-hybridized carbons (Fsp3) is 1.00. The third-order valence-electron chi connectivity index (χ3n) is 3.00. The molecule has 0 aliphatic carbocycles. The van der Waals surface area contributed by atoms with Gasteiger partial charge in [-0.15, -0.1) is 0 Å². The van der Waals surface area contributed by atoms with Crippen LogP contribution in [0.1, 0.15) is 13.8 Å². The molecule has 0 bridgehead atoms. The Hall–Kier alpha value is -0.240. The Kier molecular flexibility index (Phi) is 4.02. The van der Waals surface area contributed by atoms with Crippen molar-refractivity contribution in [1.29, 1.82) is 0 Å². The summed E-state index contributed by atoms with van der Waals surface area (Å²) < 4.78 is 21.7. The number of rotatable bonds is 2. The Morgan fingerprint density at radius 2 is 1.12 bits per heavy atom. The van der Waals surface area contributed by atoms with Gasteiger partial charge in [-0.2, -0.15) is 0 Å². The van der Waals surface area contributed by atoms with E-state index >= 15 is 0 Å². The average molecular weight is 248 g/mol. The molecule has 2 heterocycles. The van der Waals surface area contributed by atoms with Gasteiger partial charge in [0.05, 0.1) is 31.8 Å². The molecule has 6 nitrogen and oxygen atoms in total. The molecular formula is C11H20O6. The van der Waals surface area contributed by atoms with Crippen LogP contribution in [0.3, 0.4) is 0 Å². The molecule has 0 aromatic rings. The lowest BCUT2D eigenvalue weighted by atomic mass is 9.90. The summed E-state index contributed by atoms with van der Waals surface area (Å²) in [6.07, 6.45) is -2.45. The van der Waals surface area contributed by atoms with E-state index in [1.54, 1.807) is 13.8 Å². The Balaban J connectivity index is 1.84. The Bertz CT molecular complexity index is 209. The molecule has 1 spiro atoms. The van der Waals surface area contributed by atoms with Gasteiger partial charge in [0.25, 0.3) is 0 Å². The number of aliphatic hydroxyl groups is 2. The molecule has 0 amide bonds. The van der Waals surface area contributed by atoms with E-state index in [2.05, 4.69) is 0 Å². The summed E-state index contributed by atoms with van der Waals surface area (Å²) in [5, 5.41) is 18.7. The third kappa shape index (κ3) is 2.96. The highest BCUT2D eigenvalue weighted by Crippen LogP contribution is 2.31. The highest BCUT2D eigenvalue weighted by molar-refractivity contribution is 4.85. The first-order valence-electron chi connectivity index (χ1n) is 5.85. The summed E-state index contributed by atoms with van der Waals surface area (Å²) in [5.41, 5.74) is -0.323. The zero-order valence-corrected chi connectivity index (χ0v) is 10.2. The molecule has 17 heavy (non-hydrogen) atoms. The predicted octanol–water partition coefficient (Wildman–Crippen LogP) is -0.520. The highest BCUT2D eigenvalue weighted by Gasteiger charge is 2.43. The summed E-state index contributed by atoms with van der Waals surface area (Å²) in [6.45, 7) is 4.95. The Morgan fingerprint density at radius 3 is 1.35 bits per heavy atom. The molecule has 2 atom stereocenters. The topological polar surface area (TPSA) is 77.4 Å². The van der Waals surface area contributed by atoms with Crippen LogP contribution in [0.15, 0.2) is 0 Å². The molecule has 0 radical (unpaired) electrons. The monoisotopic (exact) mass is 248 g/mol. The standard InChI is InChI=1S/C11H20O6/c1-7(12)9-14-3-11(4-15-9)5-16-10(8(2)13)17-6-11/h7-10,12-13H,3-6H2,1-2H3. The number of hydrogen-bond donors (Lipinski definition) is 2. The fourth-order valence-corrected chi connectivity index (χ4v) is 1.94. The van der Waals surface area contributed by atoms with Gasteiger partial charge in [0.2, 0.25) is 0 Å². The van der Waals surface area contributed by atoms with Gasteiger partial charge in [-0.05, 0) is 13.8 Å². The van der Waals surface area contributed by atoms with Gasteiger partial charge in [-0.3, -0.25) is 0 Å². The van der Waals surface area contributed by atoms with E-state index in [1.807, 2.05) is 0 Å². The van der Waals surface area contributed by atoms with E-state index in [1.165, 1.54) is 0 Å². The molecule has 2 fully saturated rings. The van der Waals surface area contributed by atoms with Crippen molar-refractivity contribution in [2.45, 2.75) is 38.6 Å². The number of hydrogen-bond acceptors (Lipinski definition) is 6. The molecule has 0 aromatic heterocycles. The van der Waals surface area contributed by atoms with E-state index in [4.69, 9.17) is 18.9 Å². The van der Waals surface area contributed by atoms with E-state index in [0.29, 0.717) is 26.4 Å². The van der Waals surface area contributed by atoms with Gasteiger partial charge < -0.3 is 29.2 Å². The van der Waals surface area contributed by atoms with Crippen LogP contribution < -0.4 is 0 Å². The second kappa shape index (κ2) is 5.17. The predicted molar refractivity (Wildman–Crippen MR) is 57.2 cm³/mol. The largest absolute Gasteiger partial charge is 0.388 e. The van der Waals surface area contributed by atoms with Crippen LogP contribution in [0.2, 0.25) is 0 Å². The van der Waals surface area contributed by atoms with Crippen LogP contribution in [0.25, 0.3) is 0 Å². The maximum atomic E-state index is 9.33. The molecular weight excluding hydrogens is 228 g/mol. The van der Waals surface area contributed by atoms with Crippen LogP contribution in [0, 0.1) is 5.41 Å². The van der Waals surface area contributed by atoms with Gasteiger partial charge >= 0.3 is 0 Å². The quantitative estimate of drug-likeness (QED) is 0.685. The van der Waals surface area contributed by atoms with Crippen LogP contribution in [0.5, 0.6) is 0 Å². The first-order valence-corrected chi connectivity index (χ1v) is 5.85. The summed E-state index contributed by atoms with van der Waals surface area (Å²) >= 11 is 0. The molecule has 2 saturated heterocycles. The Morgan fingerprint density at radius 1 is 0.824 bits per heavy atom. The van der Waals surface area contributed by atoms with Crippen molar-refractivity contribution in [3.8, 4) is 0 Å². The first-order chi connectivity index (χ1) is 8.02. The van der Waals surface area contributed by atoms with E-state index in [-0.39, 0.29) is 5.41 Å².